The van der Waals surface area contributed by atoms with Crippen molar-refractivity contribution >= 4 is 39.8 Å². The van der Waals surface area contributed by atoms with Crippen molar-refractivity contribution in [3.63, 3.8) is 0 Å². The predicted octanol–water partition coefficient (Wildman–Crippen LogP) is 6.80. The van der Waals surface area contributed by atoms with Crippen LogP contribution in [-0.4, -0.2) is 23.2 Å². The van der Waals surface area contributed by atoms with Gasteiger partial charge in [-0.25, -0.2) is 4.39 Å². The fourth-order valence-electron chi connectivity index (χ4n) is 4.10. The number of carbonyl (C=O) groups excluding carboxylic acids is 2. The van der Waals surface area contributed by atoms with Gasteiger partial charge in [-0.2, -0.15) is 0 Å². The molecule has 0 unspecified atom stereocenters. The first kappa shape index (κ1) is 23.6. The highest BCUT2D eigenvalue weighted by atomic mass is 32.2. The summed E-state index contributed by atoms with van der Waals surface area (Å²) >= 11 is 0.820. The van der Waals surface area contributed by atoms with Gasteiger partial charge in [0.1, 0.15) is 12.4 Å². The van der Waals surface area contributed by atoms with Crippen LogP contribution in [0.4, 0.5) is 9.18 Å². The van der Waals surface area contributed by atoms with Gasteiger partial charge < -0.3 is 9.47 Å². The Morgan fingerprint density at radius 3 is 2.44 bits per heavy atom. The Kier molecular flexibility index (Phi) is 6.73. The van der Waals surface area contributed by atoms with E-state index in [4.69, 9.17) is 9.47 Å². The molecule has 2 amide bonds. The minimum atomic E-state index is -0.476. The highest BCUT2D eigenvalue weighted by molar-refractivity contribution is 8.18. The average Bonchev–Trinajstić information content (AvgIpc) is 3.16. The maximum atomic E-state index is 14.1. The lowest BCUT2D eigenvalue weighted by molar-refractivity contribution is -0.123. The van der Waals surface area contributed by atoms with Crippen molar-refractivity contribution in [1.82, 2.24) is 4.90 Å². The zero-order valence-electron chi connectivity index (χ0n) is 19.4. The van der Waals surface area contributed by atoms with Crippen molar-refractivity contribution in [2.45, 2.75) is 13.2 Å². The molecule has 1 heterocycles. The van der Waals surface area contributed by atoms with Crippen LogP contribution in [0.15, 0.2) is 89.8 Å². The van der Waals surface area contributed by atoms with E-state index in [0.29, 0.717) is 17.1 Å². The van der Waals surface area contributed by atoms with Crippen LogP contribution >= 0.6 is 11.8 Å². The molecule has 7 heteroatoms. The predicted molar refractivity (Wildman–Crippen MR) is 139 cm³/mol. The summed E-state index contributed by atoms with van der Waals surface area (Å²) in [5.74, 6) is 0.0388. The molecule has 0 atom stereocenters. The van der Waals surface area contributed by atoms with Gasteiger partial charge in [0, 0.05) is 11.1 Å². The van der Waals surface area contributed by atoms with E-state index in [2.05, 4.69) is 0 Å². The van der Waals surface area contributed by atoms with Gasteiger partial charge in [0.15, 0.2) is 11.5 Å². The van der Waals surface area contributed by atoms with Crippen molar-refractivity contribution in [2.75, 3.05) is 7.11 Å². The molecule has 0 saturated carbocycles. The van der Waals surface area contributed by atoms with Crippen LogP contribution in [0.2, 0.25) is 0 Å². The number of nitrogens with zero attached hydrogens (tertiary/aromatic N) is 1. The Morgan fingerprint density at radius 1 is 0.889 bits per heavy atom. The summed E-state index contributed by atoms with van der Waals surface area (Å²) in [5, 5.41) is 1.75. The molecule has 4 aromatic rings. The second-order valence-corrected chi connectivity index (χ2v) is 9.16. The quantitative estimate of drug-likeness (QED) is 0.262. The summed E-state index contributed by atoms with van der Waals surface area (Å²) in [4.78, 5) is 26.9. The lowest BCUT2D eigenvalue weighted by Crippen LogP contribution is -2.27. The van der Waals surface area contributed by atoms with E-state index in [9.17, 15) is 14.0 Å². The van der Waals surface area contributed by atoms with Gasteiger partial charge in [-0.3, -0.25) is 14.5 Å². The van der Waals surface area contributed by atoms with Crippen LogP contribution in [0.1, 0.15) is 16.7 Å². The lowest BCUT2D eigenvalue weighted by atomic mass is 10.1. The zero-order chi connectivity index (χ0) is 25.1. The molecule has 1 saturated heterocycles. The van der Waals surface area contributed by atoms with E-state index >= 15 is 0 Å². The van der Waals surface area contributed by atoms with Gasteiger partial charge >= 0.3 is 0 Å². The van der Waals surface area contributed by atoms with Crippen LogP contribution in [0.3, 0.4) is 0 Å². The van der Waals surface area contributed by atoms with Crippen LogP contribution in [-0.2, 0) is 17.9 Å². The highest BCUT2D eigenvalue weighted by Gasteiger charge is 2.35. The Hall–Kier alpha value is -4.10. The minimum Gasteiger partial charge on any atom is -0.493 e. The highest BCUT2D eigenvalue weighted by Crippen LogP contribution is 2.38. The molecule has 5 rings (SSSR count). The third-order valence-corrected chi connectivity index (χ3v) is 6.84. The summed E-state index contributed by atoms with van der Waals surface area (Å²) in [6, 6.07) is 25.6. The minimum absolute atomic E-state index is 0.128. The molecule has 4 aromatic carbocycles. The van der Waals surface area contributed by atoms with Crippen molar-refractivity contribution < 1.29 is 23.5 Å². The first-order chi connectivity index (χ1) is 17.5. The van der Waals surface area contributed by atoms with Gasteiger partial charge in [0.2, 0.25) is 0 Å². The lowest BCUT2D eigenvalue weighted by Gasteiger charge is -2.15. The van der Waals surface area contributed by atoms with Gasteiger partial charge in [-0.15, -0.1) is 0 Å². The Morgan fingerprint density at radius 2 is 1.61 bits per heavy atom. The molecule has 1 aliphatic rings. The fourth-order valence-corrected chi connectivity index (χ4v) is 4.93. The number of carbonyl (C=O) groups is 2. The van der Waals surface area contributed by atoms with Crippen LogP contribution in [0, 0.1) is 5.82 Å². The topological polar surface area (TPSA) is 55.8 Å². The molecule has 0 N–H and O–H groups in total. The molecular formula is C29H22FNO4S. The maximum Gasteiger partial charge on any atom is 0.293 e. The summed E-state index contributed by atoms with van der Waals surface area (Å²) in [5.41, 5.74) is 1.89. The largest absolute Gasteiger partial charge is 0.493 e. The Bertz CT molecular complexity index is 1490. The first-order valence-electron chi connectivity index (χ1n) is 11.3. The van der Waals surface area contributed by atoms with Crippen molar-refractivity contribution in [1.29, 1.82) is 0 Å². The number of rotatable bonds is 7. The summed E-state index contributed by atoms with van der Waals surface area (Å²) in [7, 11) is 1.55. The van der Waals surface area contributed by atoms with Gasteiger partial charge in [-0.05, 0) is 46.3 Å². The van der Waals surface area contributed by atoms with Crippen molar-refractivity contribution in [3.8, 4) is 11.5 Å². The number of amides is 2. The molecule has 0 radical (unpaired) electrons. The smallest absolute Gasteiger partial charge is 0.293 e. The Balaban J connectivity index is 1.43. The number of thioether (sulfide) groups is 1. The SMILES string of the molecule is COc1cccc(/C=C2\SC(=O)N(Cc3ccccc3F)C2=O)c1OCc1cccc2ccccc12. The number of hydrogen-bond acceptors (Lipinski definition) is 5. The number of ether oxygens (including phenoxy) is 2. The van der Waals surface area contributed by atoms with Crippen LogP contribution < -0.4 is 9.47 Å². The average molecular weight is 500 g/mol. The fraction of sp³-hybridized carbons (Fsp3) is 0.103. The second-order valence-electron chi connectivity index (χ2n) is 8.16. The van der Waals surface area contributed by atoms with Gasteiger partial charge in [0.25, 0.3) is 11.1 Å². The van der Waals surface area contributed by atoms with Crippen LogP contribution in [0.5, 0.6) is 11.5 Å². The van der Waals surface area contributed by atoms with Gasteiger partial charge in [-0.1, -0.05) is 72.8 Å². The first-order valence-corrected chi connectivity index (χ1v) is 12.1. The standard InChI is InChI=1S/C29H22FNO4S/c1-34-25-15-7-11-20(27(25)35-18-22-12-6-10-19-8-2-4-13-23(19)22)16-26-28(32)31(29(33)36-26)17-21-9-3-5-14-24(21)30/h2-16H,17-18H2,1H3/b26-16-. The number of halogens is 1. The molecule has 36 heavy (non-hydrogen) atoms. The third kappa shape index (κ3) is 4.70. The number of fused-ring (bicyclic) bond motifs is 1. The van der Waals surface area contributed by atoms with E-state index in [-0.39, 0.29) is 23.6 Å². The Labute approximate surface area is 212 Å². The molecule has 0 spiro atoms. The molecule has 0 bridgehead atoms. The number of para-hydroxylation sites is 1. The van der Waals surface area contributed by atoms with E-state index in [0.717, 1.165) is 33.0 Å². The molecule has 0 aliphatic carbocycles. The van der Waals surface area contributed by atoms with E-state index in [1.807, 2.05) is 42.5 Å². The summed E-state index contributed by atoms with van der Waals surface area (Å²) in [6.07, 6.45) is 1.62. The molecule has 5 nitrogen and oxygen atoms in total. The van der Waals surface area contributed by atoms with Gasteiger partial charge in [0.05, 0.1) is 18.6 Å². The van der Waals surface area contributed by atoms with E-state index in [1.165, 1.54) is 6.07 Å². The zero-order valence-corrected chi connectivity index (χ0v) is 20.3. The summed E-state index contributed by atoms with van der Waals surface area (Å²) in [6.45, 7) is 0.161. The van der Waals surface area contributed by atoms with Crippen molar-refractivity contribution in [3.05, 3.63) is 112 Å². The number of imide groups is 1. The van der Waals surface area contributed by atoms with Crippen LogP contribution in [0.25, 0.3) is 16.8 Å². The van der Waals surface area contributed by atoms with Crippen molar-refractivity contribution in [2.24, 2.45) is 0 Å². The monoisotopic (exact) mass is 499 g/mol. The number of hydrogen-bond donors (Lipinski definition) is 0. The number of benzene rings is 4. The summed E-state index contributed by atoms with van der Waals surface area (Å²) < 4.78 is 25.8. The second kappa shape index (κ2) is 10.3. The molecule has 1 aliphatic heterocycles. The molecule has 0 aromatic heterocycles. The third-order valence-electron chi connectivity index (χ3n) is 5.93. The molecule has 1 fully saturated rings. The van der Waals surface area contributed by atoms with E-state index < -0.39 is 17.0 Å². The van der Waals surface area contributed by atoms with E-state index in [1.54, 1.807) is 49.6 Å². The molecular weight excluding hydrogens is 477 g/mol. The maximum absolute atomic E-state index is 14.1. The normalized spacial score (nSPS) is 14.6. The number of methoxy groups -OCH3 is 1. The molecule has 180 valence electrons.